The summed E-state index contributed by atoms with van der Waals surface area (Å²) in [6.45, 7) is 3.68. The van der Waals surface area contributed by atoms with Crippen molar-refractivity contribution in [3.63, 3.8) is 0 Å². The van der Waals surface area contributed by atoms with Crippen LogP contribution < -0.4 is 0 Å². The lowest BCUT2D eigenvalue weighted by atomic mass is 10.1. The van der Waals surface area contributed by atoms with E-state index in [-0.39, 0.29) is 21.8 Å². The van der Waals surface area contributed by atoms with Crippen LogP contribution in [-0.4, -0.2) is 41.5 Å². The lowest BCUT2D eigenvalue weighted by Crippen LogP contribution is -2.29. The molecule has 0 aliphatic carbocycles. The van der Waals surface area contributed by atoms with Gasteiger partial charge in [0, 0.05) is 18.7 Å². The highest BCUT2D eigenvalue weighted by atomic mass is 32.2. The van der Waals surface area contributed by atoms with Crippen molar-refractivity contribution < 1.29 is 26.4 Å². The van der Waals surface area contributed by atoms with Crippen LogP contribution in [-0.2, 0) is 16.2 Å². The van der Waals surface area contributed by atoms with Gasteiger partial charge in [-0.1, -0.05) is 6.07 Å². The van der Waals surface area contributed by atoms with E-state index >= 15 is 0 Å². The Morgan fingerprint density at radius 1 is 1.15 bits per heavy atom. The number of hydrogen-bond acceptors (Lipinski definition) is 4. The second kappa shape index (κ2) is 6.75. The molecule has 10 heteroatoms. The number of aryl methyl sites for hydroxylation is 1. The lowest BCUT2D eigenvalue weighted by Gasteiger charge is -2.15. The molecular weight excluding hydrogens is 383 g/mol. The van der Waals surface area contributed by atoms with E-state index in [4.69, 9.17) is 0 Å². The molecule has 2 aromatic rings. The molecule has 2 heterocycles. The molecule has 0 unspecified atom stereocenters. The molecule has 0 saturated carbocycles. The zero-order chi connectivity index (χ0) is 20.0. The normalized spacial score (nSPS) is 16.0. The van der Waals surface area contributed by atoms with Crippen molar-refractivity contribution >= 4 is 15.9 Å². The van der Waals surface area contributed by atoms with E-state index in [1.807, 2.05) is 0 Å². The number of aromatic nitrogens is 2. The van der Waals surface area contributed by atoms with Gasteiger partial charge in [0.05, 0.1) is 17.0 Å². The zero-order valence-electron chi connectivity index (χ0n) is 14.7. The number of hydrogen-bond donors (Lipinski definition) is 0. The second-order valence-electron chi connectivity index (χ2n) is 6.41. The Morgan fingerprint density at radius 2 is 1.78 bits per heavy atom. The van der Waals surface area contributed by atoms with E-state index < -0.39 is 27.7 Å². The average Bonchev–Trinajstić information content (AvgIpc) is 3.22. The van der Waals surface area contributed by atoms with Crippen LogP contribution in [0, 0.1) is 13.8 Å². The van der Waals surface area contributed by atoms with Gasteiger partial charge in [-0.25, -0.2) is 8.42 Å². The fourth-order valence-electron chi connectivity index (χ4n) is 3.21. The average molecular weight is 401 g/mol. The Hall–Kier alpha value is -2.20. The third kappa shape index (κ3) is 3.51. The Morgan fingerprint density at radius 3 is 2.37 bits per heavy atom. The van der Waals surface area contributed by atoms with E-state index in [9.17, 15) is 26.4 Å². The monoisotopic (exact) mass is 401 g/mol. The molecule has 1 saturated heterocycles. The van der Waals surface area contributed by atoms with Crippen LogP contribution >= 0.6 is 0 Å². The van der Waals surface area contributed by atoms with Gasteiger partial charge in [-0.05, 0) is 44.9 Å². The van der Waals surface area contributed by atoms with Gasteiger partial charge in [-0.2, -0.15) is 27.3 Å². The van der Waals surface area contributed by atoms with Crippen LogP contribution in [0.5, 0.6) is 0 Å². The van der Waals surface area contributed by atoms with E-state index in [1.165, 1.54) is 24.2 Å². The summed E-state index contributed by atoms with van der Waals surface area (Å²) in [5, 5.41) is 4.00. The van der Waals surface area contributed by atoms with Crippen LogP contribution in [0.2, 0.25) is 0 Å². The highest BCUT2D eigenvalue weighted by Crippen LogP contribution is 2.30. The van der Waals surface area contributed by atoms with Crippen molar-refractivity contribution in [3.05, 3.63) is 46.8 Å². The van der Waals surface area contributed by atoms with Gasteiger partial charge in [-0.15, -0.1) is 0 Å². The molecule has 146 valence electrons. The first-order valence-electron chi connectivity index (χ1n) is 8.32. The van der Waals surface area contributed by atoms with Crippen molar-refractivity contribution in [2.24, 2.45) is 0 Å². The highest BCUT2D eigenvalue weighted by molar-refractivity contribution is 7.89. The van der Waals surface area contributed by atoms with Gasteiger partial charge in [0.2, 0.25) is 10.0 Å². The number of nitrogens with zero attached hydrogens (tertiary/aromatic N) is 3. The molecule has 3 rings (SSSR count). The van der Waals surface area contributed by atoms with Gasteiger partial charge in [0.1, 0.15) is 4.90 Å². The molecule has 1 aromatic heterocycles. The lowest BCUT2D eigenvalue weighted by molar-refractivity contribution is -0.137. The predicted octanol–water partition coefficient (Wildman–Crippen LogP) is 2.99. The van der Waals surface area contributed by atoms with Crippen molar-refractivity contribution in [2.75, 3.05) is 13.1 Å². The molecule has 0 bridgehead atoms. The molecule has 1 aromatic carbocycles. The fourth-order valence-corrected chi connectivity index (χ4v) is 5.08. The Kier molecular flexibility index (Phi) is 4.89. The summed E-state index contributed by atoms with van der Waals surface area (Å²) in [4.78, 5) is 12.6. The Bertz CT molecular complexity index is 991. The minimum absolute atomic E-state index is 0.0651. The molecule has 0 radical (unpaired) electrons. The summed E-state index contributed by atoms with van der Waals surface area (Å²) in [5.74, 6) is -0.815. The summed E-state index contributed by atoms with van der Waals surface area (Å²) >= 11 is 0. The molecule has 1 aliphatic heterocycles. The molecule has 6 nitrogen and oxygen atoms in total. The first-order chi connectivity index (χ1) is 12.5. The standard InChI is InChI=1S/C17H18F3N3O3S/c1-11-15(27(25,26)22-8-3-4-9-22)12(2)23(21-11)16(24)13-6-5-7-14(10-13)17(18,19)20/h5-7,10H,3-4,8-9H2,1-2H3. The van der Waals surface area contributed by atoms with Gasteiger partial charge < -0.3 is 0 Å². The fraction of sp³-hybridized carbons (Fsp3) is 0.412. The minimum Gasteiger partial charge on any atom is -0.267 e. The van der Waals surface area contributed by atoms with Gasteiger partial charge >= 0.3 is 6.18 Å². The largest absolute Gasteiger partial charge is 0.416 e. The Balaban J connectivity index is 2.03. The summed E-state index contributed by atoms with van der Waals surface area (Å²) in [7, 11) is -3.81. The highest BCUT2D eigenvalue weighted by Gasteiger charge is 2.34. The maximum atomic E-state index is 12.9. The van der Waals surface area contributed by atoms with Crippen molar-refractivity contribution in [1.82, 2.24) is 14.1 Å². The van der Waals surface area contributed by atoms with E-state index in [0.717, 1.165) is 35.7 Å². The first kappa shape index (κ1) is 19.6. The van der Waals surface area contributed by atoms with E-state index in [0.29, 0.717) is 13.1 Å². The molecule has 27 heavy (non-hydrogen) atoms. The zero-order valence-corrected chi connectivity index (χ0v) is 15.6. The van der Waals surface area contributed by atoms with Gasteiger partial charge in [-0.3, -0.25) is 4.79 Å². The molecular formula is C17H18F3N3O3S. The summed E-state index contributed by atoms with van der Waals surface area (Å²) in [5.41, 5.74) is -0.957. The van der Waals surface area contributed by atoms with E-state index in [2.05, 4.69) is 5.10 Å². The first-order valence-corrected chi connectivity index (χ1v) is 9.76. The summed E-state index contributed by atoms with van der Waals surface area (Å²) < 4.78 is 66.6. The maximum absolute atomic E-state index is 12.9. The number of alkyl halides is 3. The molecule has 0 spiro atoms. The van der Waals surface area contributed by atoms with Crippen molar-refractivity contribution in [2.45, 2.75) is 37.8 Å². The number of carbonyl (C=O) groups excluding carboxylic acids is 1. The minimum atomic E-state index is -4.59. The number of halogens is 3. The number of carbonyl (C=O) groups is 1. The van der Waals surface area contributed by atoms with Gasteiger partial charge in [0.15, 0.2) is 0 Å². The molecule has 0 N–H and O–H groups in total. The molecule has 0 amide bonds. The van der Waals surface area contributed by atoms with Crippen LogP contribution in [0.3, 0.4) is 0 Å². The summed E-state index contributed by atoms with van der Waals surface area (Å²) in [6.07, 6.45) is -3.07. The molecule has 1 aliphatic rings. The third-order valence-electron chi connectivity index (χ3n) is 4.52. The van der Waals surface area contributed by atoms with Crippen LogP contribution in [0.15, 0.2) is 29.2 Å². The molecule has 0 atom stereocenters. The third-order valence-corrected chi connectivity index (χ3v) is 6.67. The van der Waals surface area contributed by atoms with Crippen LogP contribution in [0.1, 0.15) is 40.2 Å². The smallest absolute Gasteiger partial charge is 0.267 e. The number of benzene rings is 1. The van der Waals surface area contributed by atoms with Gasteiger partial charge in [0.25, 0.3) is 5.91 Å². The SMILES string of the molecule is Cc1nn(C(=O)c2cccc(C(F)(F)F)c2)c(C)c1S(=O)(=O)N1CCCC1. The van der Waals surface area contributed by atoms with Crippen LogP contribution in [0.25, 0.3) is 0 Å². The van der Waals surface area contributed by atoms with Crippen molar-refractivity contribution in [3.8, 4) is 0 Å². The van der Waals surface area contributed by atoms with Crippen LogP contribution in [0.4, 0.5) is 13.2 Å². The summed E-state index contributed by atoms with van der Waals surface area (Å²) in [6, 6.07) is 3.96. The number of sulfonamides is 1. The second-order valence-corrected chi connectivity index (χ2v) is 8.28. The molecule has 1 fully saturated rings. The maximum Gasteiger partial charge on any atom is 0.416 e. The topological polar surface area (TPSA) is 72.3 Å². The Labute approximate surface area is 154 Å². The van der Waals surface area contributed by atoms with Crippen molar-refractivity contribution in [1.29, 1.82) is 0 Å². The quantitative estimate of drug-likeness (QED) is 0.793. The number of rotatable bonds is 3. The van der Waals surface area contributed by atoms with E-state index in [1.54, 1.807) is 0 Å². The predicted molar refractivity (Wildman–Crippen MR) is 90.9 cm³/mol.